The van der Waals surface area contributed by atoms with Gasteiger partial charge >= 0.3 is 17.9 Å². The molecule has 4 fully saturated rings. The van der Waals surface area contributed by atoms with Crippen LogP contribution in [0.25, 0.3) is 0 Å². The average molecular weight is 599 g/mol. The molecule has 44 heavy (non-hydrogen) atoms. The van der Waals surface area contributed by atoms with Crippen LogP contribution in [0, 0.1) is 47.8 Å². The van der Waals surface area contributed by atoms with E-state index in [9.17, 15) is 14.4 Å². The standard InChI is InChI=1S/C38H46O6/c1-23-7-11-27(12-8-23)34(40)43-32-17-18-36(5)30-16-15-29-21-38(30,20-25(29)3)33(19-31(36)37(32,6)22-42-26(4)39)44-35(41)28-13-9-24(2)10-14-28/h7-14,29-33H,3,15-22H2,1-2,4-6H3/t29-,30-,31?,32+,33-,36-,37+,38-/m0/s1. The van der Waals surface area contributed by atoms with Crippen LogP contribution in [0.1, 0.15) is 97.6 Å². The number of esters is 3. The lowest BCUT2D eigenvalue weighted by atomic mass is 9.40. The number of hydrogen-bond acceptors (Lipinski definition) is 6. The maximum Gasteiger partial charge on any atom is 0.338 e. The molecule has 0 aromatic heterocycles. The van der Waals surface area contributed by atoms with Crippen molar-refractivity contribution in [1.29, 1.82) is 0 Å². The Morgan fingerprint density at radius 3 is 1.95 bits per heavy atom. The number of carbonyl (C=O) groups is 3. The van der Waals surface area contributed by atoms with Gasteiger partial charge in [0.05, 0.1) is 11.1 Å². The van der Waals surface area contributed by atoms with Crippen LogP contribution in [-0.4, -0.2) is 36.7 Å². The van der Waals surface area contributed by atoms with Gasteiger partial charge in [-0.25, -0.2) is 9.59 Å². The zero-order valence-electron chi connectivity index (χ0n) is 26.8. The van der Waals surface area contributed by atoms with Crippen LogP contribution in [0.3, 0.4) is 0 Å². The molecule has 234 valence electrons. The number of ether oxygens (including phenoxy) is 3. The van der Waals surface area contributed by atoms with E-state index in [0.717, 1.165) is 43.2 Å². The van der Waals surface area contributed by atoms with Crippen molar-refractivity contribution >= 4 is 17.9 Å². The predicted octanol–water partition coefficient (Wildman–Crippen LogP) is 7.81. The second-order valence-corrected chi connectivity index (χ2v) is 14.7. The Bertz CT molecular complexity index is 1460. The van der Waals surface area contributed by atoms with Gasteiger partial charge in [-0.05, 0) is 106 Å². The number of rotatable bonds is 6. The van der Waals surface area contributed by atoms with Gasteiger partial charge in [0.15, 0.2) is 0 Å². The molecule has 4 aliphatic rings. The Balaban J connectivity index is 1.37. The lowest BCUT2D eigenvalue weighted by molar-refractivity contribution is -0.232. The number of aryl methyl sites for hydroxylation is 2. The predicted molar refractivity (Wildman–Crippen MR) is 168 cm³/mol. The normalized spacial score (nSPS) is 35.7. The van der Waals surface area contributed by atoms with Crippen molar-refractivity contribution < 1.29 is 28.6 Å². The fourth-order valence-electron chi connectivity index (χ4n) is 9.84. The Morgan fingerprint density at radius 2 is 1.39 bits per heavy atom. The molecule has 2 bridgehead atoms. The van der Waals surface area contributed by atoms with Gasteiger partial charge in [-0.3, -0.25) is 4.79 Å². The summed E-state index contributed by atoms with van der Waals surface area (Å²) in [5, 5.41) is 0. The van der Waals surface area contributed by atoms with Crippen LogP contribution in [0.15, 0.2) is 60.7 Å². The first kappa shape index (κ1) is 30.6. The molecule has 1 unspecified atom stereocenters. The van der Waals surface area contributed by atoms with Gasteiger partial charge in [0.1, 0.15) is 18.8 Å². The van der Waals surface area contributed by atoms with Crippen LogP contribution in [-0.2, 0) is 19.0 Å². The highest BCUT2D eigenvalue weighted by molar-refractivity contribution is 5.90. The molecule has 4 aliphatic carbocycles. The maximum absolute atomic E-state index is 13.7. The van der Waals surface area contributed by atoms with Crippen LogP contribution in [0.2, 0.25) is 0 Å². The molecule has 6 heteroatoms. The summed E-state index contributed by atoms with van der Waals surface area (Å²) < 4.78 is 18.7. The third kappa shape index (κ3) is 5.08. The molecular weight excluding hydrogens is 552 g/mol. The minimum atomic E-state index is -0.665. The highest BCUT2D eigenvalue weighted by atomic mass is 16.6. The van der Waals surface area contributed by atoms with E-state index in [1.807, 2.05) is 50.2 Å². The second kappa shape index (κ2) is 11.2. The van der Waals surface area contributed by atoms with Crippen LogP contribution in [0.5, 0.6) is 0 Å². The summed E-state index contributed by atoms with van der Waals surface area (Å²) in [4.78, 5) is 39.3. The van der Waals surface area contributed by atoms with Gasteiger partial charge in [-0.2, -0.15) is 0 Å². The number of hydrogen-bond donors (Lipinski definition) is 0. The number of fused-ring (bicyclic) bond motifs is 3. The first-order valence-electron chi connectivity index (χ1n) is 16.2. The average Bonchev–Trinajstić information content (AvgIpc) is 3.23. The molecule has 0 aliphatic heterocycles. The van der Waals surface area contributed by atoms with Gasteiger partial charge in [0.25, 0.3) is 0 Å². The van der Waals surface area contributed by atoms with E-state index in [1.165, 1.54) is 12.5 Å². The van der Waals surface area contributed by atoms with Crippen LogP contribution >= 0.6 is 0 Å². The van der Waals surface area contributed by atoms with Crippen molar-refractivity contribution in [3.05, 3.63) is 82.9 Å². The topological polar surface area (TPSA) is 78.9 Å². The van der Waals surface area contributed by atoms with Crippen molar-refractivity contribution in [3.8, 4) is 0 Å². The molecule has 2 aromatic rings. The molecule has 0 amide bonds. The Hall–Kier alpha value is -3.41. The molecule has 0 saturated heterocycles. The van der Waals surface area contributed by atoms with E-state index in [4.69, 9.17) is 14.2 Å². The summed E-state index contributed by atoms with van der Waals surface area (Å²) in [6.45, 7) is 14.6. The zero-order valence-corrected chi connectivity index (χ0v) is 26.8. The van der Waals surface area contributed by atoms with E-state index in [0.29, 0.717) is 35.8 Å². The van der Waals surface area contributed by atoms with Crippen LogP contribution < -0.4 is 0 Å². The largest absolute Gasteiger partial charge is 0.465 e. The van der Waals surface area contributed by atoms with Crippen LogP contribution in [0.4, 0.5) is 0 Å². The Kier molecular flexibility index (Phi) is 7.78. The smallest absolute Gasteiger partial charge is 0.338 e. The monoisotopic (exact) mass is 598 g/mol. The molecule has 6 nitrogen and oxygen atoms in total. The van der Waals surface area contributed by atoms with Gasteiger partial charge in [0.2, 0.25) is 0 Å². The highest BCUT2D eigenvalue weighted by Crippen LogP contribution is 2.73. The first-order chi connectivity index (χ1) is 20.9. The molecular formula is C38H46O6. The highest BCUT2D eigenvalue weighted by Gasteiger charge is 2.70. The summed E-state index contributed by atoms with van der Waals surface area (Å²) in [5.41, 5.74) is 3.57. The molecule has 2 aromatic carbocycles. The molecule has 8 atom stereocenters. The number of allylic oxidation sites excluding steroid dienone is 1. The Labute approximate surface area is 261 Å². The lowest BCUT2D eigenvalue weighted by Crippen LogP contribution is -2.66. The quantitative estimate of drug-likeness (QED) is 0.192. The summed E-state index contributed by atoms with van der Waals surface area (Å²) in [6, 6.07) is 15.0. The zero-order chi connectivity index (χ0) is 31.4. The van der Waals surface area contributed by atoms with Crippen molar-refractivity contribution in [2.75, 3.05) is 6.61 Å². The third-order valence-corrected chi connectivity index (χ3v) is 12.1. The van der Waals surface area contributed by atoms with Gasteiger partial charge in [-0.15, -0.1) is 0 Å². The number of benzene rings is 2. The third-order valence-electron chi connectivity index (χ3n) is 12.1. The van der Waals surface area contributed by atoms with Crippen molar-refractivity contribution in [2.24, 2.45) is 34.0 Å². The maximum atomic E-state index is 13.7. The van der Waals surface area contributed by atoms with Gasteiger partial charge in [0, 0.05) is 17.8 Å². The summed E-state index contributed by atoms with van der Waals surface area (Å²) in [6.07, 6.45) is 5.46. The molecule has 6 rings (SSSR count). The molecule has 1 spiro atoms. The summed E-state index contributed by atoms with van der Waals surface area (Å²) >= 11 is 0. The molecule has 0 heterocycles. The van der Waals surface area contributed by atoms with Gasteiger partial charge < -0.3 is 14.2 Å². The van der Waals surface area contributed by atoms with Crippen molar-refractivity contribution in [1.82, 2.24) is 0 Å². The first-order valence-corrected chi connectivity index (χ1v) is 16.2. The SMILES string of the molecule is C=C1C[C@]23C[C@@H]1CC[C@H]2[C@]1(C)CC[C@@H](OC(=O)c2ccc(C)cc2)[C@](C)(COC(C)=O)C1C[C@@H]3OC(=O)c1ccc(C)cc1. The van der Waals surface area contributed by atoms with E-state index in [1.54, 1.807) is 12.1 Å². The van der Waals surface area contributed by atoms with E-state index >= 15 is 0 Å². The fourth-order valence-corrected chi connectivity index (χ4v) is 9.84. The van der Waals surface area contributed by atoms with Crippen molar-refractivity contribution in [3.63, 3.8) is 0 Å². The molecule has 0 radical (unpaired) electrons. The second-order valence-electron chi connectivity index (χ2n) is 14.7. The van der Waals surface area contributed by atoms with E-state index < -0.39 is 11.5 Å². The fraction of sp³-hybridized carbons (Fsp3) is 0.553. The minimum Gasteiger partial charge on any atom is -0.465 e. The summed E-state index contributed by atoms with van der Waals surface area (Å²) in [7, 11) is 0. The minimum absolute atomic E-state index is 0.00391. The summed E-state index contributed by atoms with van der Waals surface area (Å²) in [5.74, 6) is -0.252. The Morgan fingerprint density at radius 1 is 0.818 bits per heavy atom. The van der Waals surface area contributed by atoms with Gasteiger partial charge in [-0.1, -0.05) is 61.4 Å². The van der Waals surface area contributed by atoms with E-state index in [2.05, 4.69) is 20.4 Å². The molecule has 0 N–H and O–H groups in total. The molecule has 4 saturated carbocycles. The lowest BCUT2D eigenvalue weighted by Gasteiger charge is -2.66. The van der Waals surface area contributed by atoms with E-state index in [-0.39, 0.29) is 47.4 Å². The number of carbonyl (C=O) groups excluding carboxylic acids is 3. The van der Waals surface area contributed by atoms with Crippen molar-refractivity contribution in [2.45, 2.75) is 91.8 Å².